The Hall–Kier alpha value is -0.930. The third-order valence-corrected chi connectivity index (χ3v) is 3.40. The summed E-state index contributed by atoms with van der Waals surface area (Å²) in [6, 6.07) is 7.49. The summed E-state index contributed by atoms with van der Waals surface area (Å²) in [5.74, 6) is 0.443. The van der Waals surface area contributed by atoms with Gasteiger partial charge in [0.05, 0.1) is 6.61 Å². The molecule has 1 aromatic carbocycles. The van der Waals surface area contributed by atoms with Crippen molar-refractivity contribution >= 4 is 0 Å². The van der Waals surface area contributed by atoms with Crippen LogP contribution < -0.4 is 5.32 Å². The van der Waals surface area contributed by atoms with Crippen LogP contribution >= 0.6 is 0 Å². The first kappa shape index (κ1) is 12.5. The number of hydrogen-bond acceptors (Lipinski definition) is 2. The third-order valence-electron chi connectivity index (χ3n) is 3.40. The van der Waals surface area contributed by atoms with Gasteiger partial charge >= 0.3 is 0 Å². The van der Waals surface area contributed by atoms with Gasteiger partial charge in [0.25, 0.3) is 0 Å². The van der Waals surface area contributed by atoms with Crippen molar-refractivity contribution < 1.29 is 9.13 Å². The lowest BCUT2D eigenvalue weighted by molar-refractivity contribution is 0.0393. The van der Waals surface area contributed by atoms with E-state index in [1.807, 2.05) is 12.1 Å². The average Bonchev–Trinajstić information content (AvgIpc) is 2.34. The van der Waals surface area contributed by atoms with Gasteiger partial charge in [-0.15, -0.1) is 0 Å². The van der Waals surface area contributed by atoms with Crippen LogP contribution in [0, 0.1) is 11.7 Å². The first-order valence-corrected chi connectivity index (χ1v) is 6.32. The Morgan fingerprint density at radius 2 is 2.24 bits per heavy atom. The minimum absolute atomic E-state index is 0.102. The smallest absolute Gasteiger partial charge is 0.126 e. The zero-order valence-corrected chi connectivity index (χ0v) is 10.3. The molecule has 0 amide bonds. The predicted octanol–water partition coefficient (Wildman–Crippen LogP) is 2.38. The summed E-state index contributed by atoms with van der Waals surface area (Å²) in [5.41, 5.74) is 0.791. The molecule has 2 atom stereocenters. The van der Waals surface area contributed by atoms with Crippen molar-refractivity contribution in [3.8, 4) is 0 Å². The van der Waals surface area contributed by atoms with E-state index in [0.717, 1.165) is 38.2 Å². The van der Waals surface area contributed by atoms with Crippen LogP contribution in [-0.2, 0) is 11.2 Å². The highest BCUT2D eigenvalue weighted by atomic mass is 19.1. The lowest BCUT2D eigenvalue weighted by Crippen LogP contribution is -2.42. The van der Waals surface area contributed by atoms with Gasteiger partial charge in [0, 0.05) is 12.6 Å². The highest BCUT2D eigenvalue weighted by Crippen LogP contribution is 2.14. The summed E-state index contributed by atoms with van der Waals surface area (Å²) in [6.07, 6.45) is 1.80. The van der Waals surface area contributed by atoms with Gasteiger partial charge in [0.2, 0.25) is 0 Å². The molecule has 0 aliphatic carbocycles. The van der Waals surface area contributed by atoms with Gasteiger partial charge in [-0.05, 0) is 36.9 Å². The normalized spacial score (nSPS) is 24.8. The van der Waals surface area contributed by atoms with Gasteiger partial charge in [-0.3, -0.25) is 0 Å². The minimum atomic E-state index is -0.102. The lowest BCUT2D eigenvalue weighted by atomic mass is 9.97. The van der Waals surface area contributed by atoms with Crippen LogP contribution in [-0.4, -0.2) is 25.8 Å². The van der Waals surface area contributed by atoms with E-state index in [2.05, 4.69) is 12.2 Å². The average molecular weight is 237 g/mol. The van der Waals surface area contributed by atoms with Crippen LogP contribution in [0.5, 0.6) is 0 Å². The molecule has 3 heteroatoms. The number of benzene rings is 1. The summed E-state index contributed by atoms with van der Waals surface area (Å²) in [4.78, 5) is 0. The molecule has 1 aliphatic heterocycles. The quantitative estimate of drug-likeness (QED) is 0.868. The summed E-state index contributed by atoms with van der Waals surface area (Å²) in [5, 5.41) is 3.50. The third kappa shape index (κ3) is 3.51. The number of nitrogens with one attached hydrogen (secondary N) is 1. The molecule has 17 heavy (non-hydrogen) atoms. The van der Waals surface area contributed by atoms with Crippen molar-refractivity contribution in [1.29, 1.82) is 0 Å². The first-order chi connectivity index (χ1) is 8.27. The Morgan fingerprint density at radius 3 is 3.00 bits per heavy atom. The molecule has 2 unspecified atom stereocenters. The molecule has 94 valence electrons. The van der Waals surface area contributed by atoms with E-state index < -0.39 is 0 Å². The highest BCUT2D eigenvalue weighted by Gasteiger charge is 2.20. The Morgan fingerprint density at radius 1 is 1.41 bits per heavy atom. The molecule has 1 aliphatic rings. The Labute approximate surface area is 102 Å². The number of halogens is 1. The molecule has 1 N–H and O–H groups in total. The van der Waals surface area contributed by atoms with Crippen LogP contribution in [0.25, 0.3) is 0 Å². The number of hydrogen-bond donors (Lipinski definition) is 1. The Balaban J connectivity index is 1.77. The van der Waals surface area contributed by atoms with Crippen LogP contribution in [0.15, 0.2) is 24.3 Å². The molecule has 1 heterocycles. The van der Waals surface area contributed by atoms with Crippen LogP contribution in [0.2, 0.25) is 0 Å². The zero-order chi connectivity index (χ0) is 12.1. The summed E-state index contributed by atoms with van der Waals surface area (Å²) in [6.45, 7) is 4.69. The van der Waals surface area contributed by atoms with E-state index in [1.165, 1.54) is 6.07 Å². The maximum atomic E-state index is 13.4. The van der Waals surface area contributed by atoms with E-state index >= 15 is 0 Å². The van der Waals surface area contributed by atoms with Gasteiger partial charge < -0.3 is 10.1 Å². The number of ether oxygens (including phenoxy) is 1. The van der Waals surface area contributed by atoms with Crippen LogP contribution in [0.3, 0.4) is 0 Å². The molecule has 2 nitrogen and oxygen atoms in total. The molecule has 0 aromatic heterocycles. The second kappa shape index (κ2) is 6.12. The molecular weight excluding hydrogens is 217 g/mol. The molecule has 1 aromatic rings. The van der Waals surface area contributed by atoms with Crippen LogP contribution in [0.4, 0.5) is 4.39 Å². The van der Waals surface area contributed by atoms with Crippen molar-refractivity contribution in [1.82, 2.24) is 5.32 Å². The second-order valence-corrected chi connectivity index (χ2v) is 4.74. The molecule has 1 fully saturated rings. The topological polar surface area (TPSA) is 21.3 Å². The highest BCUT2D eigenvalue weighted by molar-refractivity contribution is 5.17. The number of rotatable bonds is 4. The van der Waals surface area contributed by atoms with Crippen molar-refractivity contribution in [2.75, 3.05) is 19.8 Å². The molecule has 0 bridgehead atoms. The first-order valence-electron chi connectivity index (χ1n) is 6.32. The summed E-state index contributed by atoms with van der Waals surface area (Å²) in [7, 11) is 0. The molecule has 0 spiro atoms. The van der Waals surface area contributed by atoms with Crippen molar-refractivity contribution in [2.24, 2.45) is 5.92 Å². The molecule has 0 saturated carbocycles. The SMILES string of the molecule is CC1COCCC1NCCc1ccccc1F. The second-order valence-electron chi connectivity index (χ2n) is 4.74. The van der Waals surface area contributed by atoms with E-state index in [-0.39, 0.29) is 5.82 Å². The Kier molecular flexibility index (Phi) is 4.51. The van der Waals surface area contributed by atoms with Gasteiger partial charge in [-0.2, -0.15) is 0 Å². The Bertz CT molecular complexity index is 356. The van der Waals surface area contributed by atoms with Crippen molar-refractivity contribution in [3.05, 3.63) is 35.6 Å². The van der Waals surface area contributed by atoms with Gasteiger partial charge in [-0.25, -0.2) is 4.39 Å². The lowest BCUT2D eigenvalue weighted by Gasteiger charge is -2.29. The van der Waals surface area contributed by atoms with E-state index in [1.54, 1.807) is 6.07 Å². The van der Waals surface area contributed by atoms with Gasteiger partial charge in [0.1, 0.15) is 5.82 Å². The summed E-state index contributed by atoms with van der Waals surface area (Å²) >= 11 is 0. The fourth-order valence-corrected chi connectivity index (χ4v) is 2.28. The largest absolute Gasteiger partial charge is 0.381 e. The van der Waals surface area contributed by atoms with E-state index in [4.69, 9.17) is 4.74 Å². The maximum Gasteiger partial charge on any atom is 0.126 e. The zero-order valence-electron chi connectivity index (χ0n) is 10.3. The van der Waals surface area contributed by atoms with Gasteiger partial charge in [-0.1, -0.05) is 25.1 Å². The van der Waals surface area contributed by atoms with E-state index in [0.29, 0.717) is 12.0 Å². The van der Waals surface area contributed by atoms with Gasteiger partial charge in [0.15, 0.2) is 0 Å². The fourth-order valence-electron chi connectivity index (χ4n) is 2.28. The molecule has 0 radical (unpaired) electrons. The minimum Gasteiger partial charge on any atom is -0.381 e. The monoisotopic (exact) mass is 237 g/mol. The standard InChI is InChI=1S/C14H20FNO/c1-11-10-17-9-7-14(11)16-8-6-12-4-2-3-5-13(12)15/h2-5,11,14,16H,6-10H2,1H3. The summed E-state index contributed by atoms with van der Waals surface area (Å²) < 4.78 is 18.8. The maximum absolute atomic E-state index is 13.4. The fraction of sp³-hybridized carbons (Fsp3) is 0.571. The predicted molar refractivity (Wildman–Crippen MR) is 66.5 cm³/mol. The molecule has 2 rings (SSSR count). The van der Waals surface area contributed by atoms with Crippen LogP contribution in [0.1, 0.15) is 18.9 Å². The van der Waals surface area contributed by atoms with E-state index in [9.17, 15) is 4.39 Å². The van der Waals surface area contributed by atoms with Crippen molar-refractivity contribution in [3.63, 3.8) is 0 Å². The molecule has 1 saturated heterocycles. The molecular formula is C14H20FNO. The van der Waals surface area contributed by atoms with Crippen molar-refractivity contribution in [2.45, 2.75) is 25.8 Å².